The largest absolute Gasteiger partial charge is 0.433 e. The Balaban J connectivity index is 0.00000312. The zero-order valence-electron chi connectivity index (χ0n) is 13.3. The first kappa shape index (κ1) is 20.9. The molecule has 1 unspecified atom stereocenters. The van der Waals surface area contributed by atoms with Crippen LogP contribution in [0.3, 0.4) is 0 Å². The molecule has 2 rings (SSSR count). The quantitative estimate of drug-likeness (QED) is 0.809. The summed E-state index contributed by atoms with van der Waals surface area (Å²) in [6.07, 6.45) is -3.72. The van der Waals surface area contributed by atoms with E-state index in [1.165, 1.54) is 31.4 Å². The van der Waals surface area contributed by atoms with Crippen LogP contribution in [0.4, 0.5) is 18.9 Å². The van der Waals surface area contributed by atoms with Crippen molar-refractivity contribution in [2.75, 3.05) is 19.0 Å². The van der Waals surface area contributed by atoms with Gasteiger partial charge in [0.25, 0.3) is 0 Å². The predicted molar refractivity (Wildman–Crippen MR) is 88.9 cm³/mol. The number of halogens is 4. The number of rotatable bonds is 6. The number of hydrogen-bond acceptors (Lipinski definition) is 4. The number of ether oxygens (including phenoxy) is 1. The van der Waals surface area contributed by atoms with Gasteiger partial charge in [-0.05, 0) is 30.3 Å². The van der Waals surface area contributed by atoms with Crippen molar-refractivity contribution in [2.45, 2.75) is 18.7 Å². The molecule has 0 aliphatic carbocycles. The maximum absolute atomic E-state index is 12.9. The first-order chi connectivity index (χ1) is 11.3. The van der Waals surface area contributed by atoms with Gasteiger partial charge in [0, 0.05) is 19.3 Å². The maximum Gasteiger partial charge on any atom is 0.433 e. The molecule has 1 aromatic heterocycles. The molecule has 1 amide bonds. The Kier molecular flexibility index (Phi) is 7.40. The minimum Gasteiger partial charge on any atom is -0.380 e. The van der Waals surface area contributed by atoms with Crippen molar-refractivity contribution in [3.8, 4) is 5.69 Å². The molecular weight excluding hydrogens is 361 g/mol. The molecule has 0 fully saturated rings. The third-order valence-corrected chi connectivity index (χ3v) is 3.34. The minimum atomic E-state index is -4.50. The average Bonchev–Trinajstić information content (AvgIpc) is 3.03. The third-order valence-electron chi connectivity index (χ3n) is 3.34. The predicted octanol–water partition coefficient (Wildman–Crippen LogP) is 2.62. The number of hydrogen-bond donors (Lipinski definition) is 2. The highest BCUT2D eigenvalue weighted by atomic mass is 35.5. The number of nitrogens with one attached hydrogen (secondary N) is 1. The highest BCUT2D eigenvalue weighted by Gasteiger charge is 2.35. The van der Waals surface area contributed by atoms with Crippen LogP contribution in [-0.4, -0.2) is 35.4 Å². The third kappa shape index (κ3) is 5.45. The Morgan fingerprint density at radius 1 is 1.32 bits per heavy atom. The molecule has 0 aliphatic rings. The Labute approximate surface area is 148 Å². The fourth-order valence-electron chi connectivity index (χ4n) is 2.09. The highest BCUT2D eigenvalue weighted by Crippen LogP contribution is 2.30. The molecule has 138 valence electrons. The number of nitrogens with two attached hydrogens (primary N) is 1. The minimum absolute atomic E-state index is 0. The van der Waals surface area contributed by atoms with E-state index in [0.717, 1.165) is 16.9 Å². The Hall–Kier alpha value is -2.10. The van der Waals surface area contributed by atoms with Gasteiger partial charge in [0.1, 0.15) is 5.69 Å². The lowest BCUT2D eigenvalue weighted by atomic mass is 10.2. The number of methoxy groups -OCH3 is 1. The van der Waals surface area contributed by atoms with E-state index in [4.69, 9.17) is 10.5 Å². The van der Waals surface area contributed by atoms with E-state index in [1.54, 1.807) is 0 Å². The van der Waals surface area contributed by atoms with Gasteiger partial charge in [0.2, 0.25) is 5.91 Å². The van der Waals surface area contributed by atoms with Crippen LogP contribution in [0.5, 0.6) is 0 Å². The van der Waals surface area contributed by atoms with E-state index in [0.29, 0.717) is 5.69 Å². The highest BCUT2D eigenvalue weighted by molar-refractivity contribution is 5.91. The average molecular weight is 379 g/mol. The van der Waals surface area contributed by atoms with Gasteiger partial charge < -0.3 is 15.8 Å². The van der Waals surface area contributed by atoms with E-state index >= 15 is 0 Å². The van der Waals surface area contributed by atoms with Gasteiger partial charge in [0.05, 0.1) is 24.4 Å². The maximum atomic E-state index is 12.9. The first-order valence-electron chi connectivity index (χ1n) is 7.09. The molecule has 6 nitrogen and oxygen atoms in total. The van der Waals surface area contributed by atoms with Gasteiger partial charge in [0.15, 0.2) is 0 Å². The van der Waals surface area contributed by atoms with Crippen molar-refractivity contribution >= 4 is 24.0 Å². The van der Waals surface area contributed by atoms with Crippen molar-refractivity contribution in [3.63, 3.8) is 0 Å². The summed E-state index contributed by atoms with van der Waals surface area (Å²) in [6.45, 7) is 0.211. The standard InChI is InChI=1S/C15H17F3N4O2.ClH/c1-24-12(9-19)8-14(23)21-10-2-4-11(5-3-10)22-13(6-7-20-22)15(16,17)18;/h2-7,12H,8-9,19H2,1H3,(H,21,23);1H. The molecule has 0 bridgehead atoms. The lowest BCUT2D eigenvalue weighted by Crippen LogP contribution is -2.28. The van der Waals surface area contributed by atoms with Gasteiger partial charge in [-0.15, -0.1) is 12.4 Å². The van der Waals surface area contributed by atoms with Crippen LogP contribution >= 0.6 is 12.4 Å². The number of carbonyl (C=O) groups excluding carboxylic acids is 1. The Bertz CT molecular complexity index is 685. The molecule has 1 heterocycles. The van der Waals surface area contributed by atoms with Crippen LogP contribution in [0, 0.1) is 0 Å². The van der Waals surface area contributed by atoms with Crippen LogP contribution in [0.15, 0.2) is 36.5 Å². The van der Waals surface area contributed by atoms with E-state index in [2.05, 4.69) is 10.4 Å². The van der Waals surface area contributed by atoms with E-state index < -0.39 is 11.9 Å². The number of carbonyl (C=O) groups is 1. The number of amides is 1. The van der Waals surface area contributed by atoms with Crippen molar-refractivity contribution in [2.24, 2.45) is 5.73 Å². The summed E-state index contributed by atoms with van der Waals surface area (Å²) < 4.78 is 44.4. The molecule has 0 saturated carbocycles. The van der Waals surface area contributed by atoms with E-state index in [1.807, 2.05) is 0 Å². The summed E-state index contributed by atoms with van der Waals surface area (Å²) in [5.41, 5.74) is 5.26. The molecule has 0 spiro atoms. The monoisotopic (exact) mass is 378 g/mol. The molecule has 10 heteroatoms. The molecule has 1 atom stereocenters. The van der Waals surface area contributed by atoms with Crippen LogP contribution < -0.4 is 11.1 Å². The lowest BCUT2D eigenvalue weighted by Gasteiger charge is -2.13. The SMILES string of the molecule is COC(CN)CC(=O)Nc1ccc(-n2nccc2C(F)(F)F)cc1.Cl. The number of benzene rings is 1. The normalized spacial score (nSPS) is 12.4. The second-order valence-corrected chi connectivity index (χ2v) is 5.02. The number of nitrogens with zero attached hydrogens (tertiary/aromatic N) is 2. The van der Waals surface area contributed by atoms with E-state index in [9.17, 15) is 18.0 Å². The van der Waals surface area contributed by atoms with Gasteiger partial charge in [-0.25, -0.2) is 4.68 Å². The van der Waals surface area contributed by atoms with Crippen molar-refractivity contribution in [3.05, 3.63) is 42.2 Å². The Morgan fingerprint density at radius 2 is 1.96 bits per heavy atom. The summed E-state index contributed by atoms with van der Waals surface area (Å²) in [7, 11) is 1.46. The fourth-order valence-corrected chi connectivity index (χ4v) is 2.09. The smallest absolute Gasteiger partial charge is 0.380 e. The van der Waals surface area contributed by atoms with Gasteiger partial charge >= 0.3 is 6.18 Å². The van der Waals surface area contributed by atoms with Crippen molar-refractivity contribution in [1.82, 2.24) is 9.78 Å². The van der Waals surface area contributed by atoms with Crippen LogP contribution in [0.1, 0.15) is 12.1 Å². The summed E-state index contributed by atoms with van der Waals surface area (Å²) in [5, 5.41) is 6.32. The zero-order chi connectivity index (χ0) is 17.7. The van der Waals surface area contributed by atoms with Crippen molar-refractivity contribution in [1.29, 1.82) is 0 Å². The van der Waals surface area contributed by atoms with Gasteiger partial charge in [-0.1, -0.05) is 0 Å². The van der Waals surface area contributed by atoms with Gasteiger partial charge in [-0.2, -0.15) is 18.3 Å². The van der Waals surface area contributed by atoms with Crippen LogP contribution in [-0.2, 0) is 15.7 Å². The number of alkyl halides is 3. The summed E-state index contributed by atoms with van der Waals surface area (Å²) in [5.74, 6) is -0.296. The number of aromatic nitrogens is 2. The Morgan fingerprint density at radius 3 is 2.48 bits per heavy atom. The summed E-state index contributed by atoms with van der Waals surface area (Å²) in [4.78, 5) is 11.8. The molecule has 25 heavy (non-hydrogen) atoms. The van der Waals surface area contributed by atoms with Gasteiger partial charge in [-0.3, -0.25) is 4.79 Å². The van der Waals surface area contributed by atoms with Crippen LogP contribution in [0.25, 0.3) is 5.69 Å². The first-order valence-corrected chi connectivity index (χ1v) is 7.09. The zero-order valence-corrected chi connectivity index (χ0v) is 14.1. The summed E-state index contributed by atoms with van der Waals surface area (Å²) >= 11 is 0. The molecule has 0 saturated heterocycles. The molecule has 1 aromatic carbocycles. The van der Waals surface area contributed by atoms with E-state index in [-0.39, 0.29) is 43.1 Å². The molecule has 0 aliphatic heterocycles. The molecule has 2 aromatic rings. The van der Waals surface area contributed by atoms with Crippen molar-refractivity contribution < 1.29 is 22.7 Å². The summed E-state index contributed by atoms with van der Waals surface area (Å²) in [6, 6.07) is 6.77. The lowest BCUT2D eigenvalue weighted by molar-refractivity contribution is -0.142. The fraction of sp³-hybridized carbons (Fsp3) is 0.333. The molecule has 3 N–H and O–H groups in total. The number of anilines is 1. The molecular formula is C15H18ClF3N4O2. The molecule has 0 radical (unpaired) electrons. The second-order valence-electron chi connectivity index (χ2n) is 5.02. The van der Waals surface area contributed by atoms with Crippen LogP contribution in [0.2, 0.25) is 0 Å². The second kappa shape index (κ2) is 8.84. The topological polar surface area (TPSA) is 82.2 Å².